The average molecular weight is 446 g/mol. The van der Waals surface area contributed by atoms with Gasteiger partial charge < -0.3 is 9.26 Å². The normalized spacial score (nSPS) is 11.2. The highest BCUT2D eigenvalue weighted by Crippen LogP contribution is 2.26. The molecule has 5 aromatic rings. The molecule has 3 aromatic heterocycles. The number of hydrogen-bond donors (Lipinski definition) is 1. The molecule has 0 aliphatic carbocycles. The molecule has 0 amide bonds. The van der Waals surface area contributed by atoms with Crippen LogP contribution in [0.2, 0.25) is 0 Å². The molecule has 10 heteroatoms. The predicted molar refractivity (Wildman–Crippen MR) is 120 cm³/mol. The van der Waals surface area contributed by atoms with Crippen LogP contribution in [0, 0.1) is 0 Å². The Morgan fingerprint density at radius 3 is 2.84 bits per heavy atom. The Hall–Kier alpha value is -3.92. The second-order valence-corrected chi connectivity index (χ2v) is 7.71. The molecule has 0 spiro atoms. The molecular formula is C22H18N6O3S. The van der Waals surface area contributed by atoms with Crippen molar-refractivity contribution in [2.45, 2.75) is 17.8 Å². The van der Waals surface area contributed by atoms with Crippen LogP contribution in [-0.2, 0) is 5.75 Å². The molecule has 0 saturated heterocycles. The van der Waals surface area contributed by atoms with Crippen molar-refractivity contribution in [1.82, 2.24) is 29.9 Å². The lowest BCUT2D eigenvalue weighted by Gasteiger charge is -2.10. The minimum Gasteiger partial charge on any atom is -0.494 e. The van der Waals surface area contributed by atoms with Crippen LogP contribution in [0.5, 0.6) is 5.75 Å². The van der Waals surface area contributed by atoms with Gasteiger partial charge >= 0.3 is 0 Å². The van der Waals surface area contributed by atoms with Crippen LogP contribution in [0.25, 0.3) is 28.1 Å². The van der Waals surface area contributed by atoms with Gasteiger partial charge in [0.1, 0.15) is 11.1 Å². The van der Waals surface area contributed by atoms with E-state index in [-0.39, 0.29) is 5.56 Å². The van der Waals surface area contributed by atoms with Gasteiger partial charge in [-0.15, -0.1) is 0 Å². The van der Waals surface area contributed by atoms with Crippen LogP contribution < -0.4 is 10.3 Å². The molecule has 160 valence electrons. The zero-order chi connectivity index (χ0) is 21.9. The Balaban J connectivity index is 1.44. The fourth-order valence-corrected chi connectivity index (χ4v) is 4.07. The minimum atomic E-state index is -0.198. The van der Waals surface area contributed by atoms with E-state index in [1.54, 1.807) is 4.57 Å². The molecule has 0 fully saturated rings. The summed E-state index contributed by atoms with van der Waals surface area (Å²) in [7, 11) is 0. The number of hydrogen-bond acceptors (Lipinski definition) is 8. The van der Waals surface area contributed by atoms with E-state index in [1.807, 2.05) is 61.5 Å². The van der Waals surface area contributed by atoms with Crippen LogP contribution >= 0.6 is 11.8 Å². The van der Waals surface area contributed by atoms with Gasteiger partial charge in [0.25, 0.3) is 5.56 Å². The van der Waals surface area contributed by atoms with Crippen LogP contribution in [0.3, 0.4) is 0 Å². The summed E-state index contributed by atoms with van der Waals surface area (Å²) >= 11 is 1.33. The number of fused-ring (bicyclic) bond motifs is 1. The molecule has 9 nitrogen and oxygen atoms in total. The molecule has 0 unspecified atom stereocenters. The third-order valence-corrected chi connectivity index (χ3v) is 5.59. The lowest BCUT2D eigenvalue weighted by molar-refractivity contribution is 0.340. The van der Waals surface area contributed by atoms with E-state index in [1.165, 1.54) is 18.0 Å². The van der Waals surface area contributed by atoms with E-state index >= 15 is 0 Å². The van der Waals surface area contributed by atoms with Gasteiger partial charge in [0.2, 0.25) is 11.7 Å². The highest BCUT2D eigenvalue weighted by atomic mass is 32.2. The third-order valence-electron chi connectivity index (χ3n) is 4.66. The molecule has 0 aliphatic rings. The largest absolute Gasteiger partial charge is 0.494 e. The van der Waals surface area contributed by atoms with Gasteiger partial charge in [0.15, 0.2) is 10.8 Å². The van der Waals surface area contributed by atoms with Crippen molar-refractivity contribution < 1.29 is 9.26 Å². The Bertz CT molecular complexity index is 1430. The first-order valence-electron chi connectivity index (χ1n) is 9.93. The van der Waals surface area contributed by atoms with E-state index < -0.39 is 0 Å². The Morgan fingerprint density at radius 2 is 2.00 bits per heavy atom. The molecule has 0 saturated carbocycles. The lowest BCUT2D eigenvalue weighted by Crippen LogP contribution is -2.21. The Morgan fingerprint density at radius 1 is 1.12 bits per heavy atom. The third kappa shape index (κ3) is 3.87. The number of para-hydroxylation sites is 1. The average Bonchev–Trinajstić information content (AvgIpc) is 3.49. The summed E-state index contributed by atoms with van der Waals surface area (Å²) in [4.78, 5) is 22.2. The van der Waals surface area contributed by atoms with Crippen LogP contribution in [0.4, 0.5) is 0 Å². The molecule has 1 N–H and O–H groups in total. The van der Waals surface area contributed by atoms with Crippen molar-refractivity contribution in [3.63, 3.8) is 0 Å². The van der Waals surface area contributed by atoms with E-state index in [0.717, 1.165) is 17.0 Å². The van der Waals surface area contributed by atoms with Gasteiger partial charge in [-0.25, -0.2) is 4.98 Å². The number of benzene rings is 2. The standard InChI is InChI=1S/C22H18N6O3S/c1-2-30-16-10-6-7-14(11-16)19-24-18(31-27-19)13-32-22-25-20-17(12-23-26-20)21(29)28(22)15-8-4-3-5-9-15/h3-12H,2,13H2,1H3,(H,23,26). The van der Waals surface area contributed by atoms with E-state index in [0.29, 0.717) is 40.3 Å². The topological polar surface area (TPSA) is 112 Å². The van der Waals surface area contributed by atoms with E-state index in [2.05, 4.69) is 25.3 Å². The first kappa shape index (κ1) is 20.0. The highest BCUT2D eigenvalue weighted by molar-refractivity contribution is 7.98. The van der Waals surface area contributed by atoms with E-state index in [9.17, 15) is 4.79 Å². The van der Waals surface area contributed by atoms with Gasteiger partial charge in [0.05, 0.1) is 24.2 Å². The molecular weight excluding hydrogens is 428 g/mol. The van der Waals surface area contributed by atoms with Gasteiger partial charge in [-0.1, -0.05) is 47.3 Å². The summed E-state index contributed by atoms with van der Waals surface area (Å²) in [6, 6.07) is 16.9. The number of nitrogens with one attached hydrogen (secondary N) is 1. The summed E-state index contributed by atoms with van der Waals surface area (Å²) in [6.45, 7) is 2.51. The van der Waals surface area contributed by atoms with Gasteiger partial charge in [-0.3, -0.25) is 14.5 Å². The SMILES string of the molecule is CCOc1cccc(-c2noc(CSc3nc4[nH]ncc4c(=O)n3-c3ccccc3)n2)c1. The summed E-state index contributed by atoms with van der Waals surface area (Å²) in [6.07, 6.45) is 1.49. The summed E-state index contributed by atoms with van der Waals surface area (Å²) in [5.74, 6) is 1.98. The number of thioether (sulfide) groups is 1. The van der Waals surface area contributed by atoms with Crippen molar-refractivity contribution in [3.05, 3.63) is 77.0 Å². The number of ether oxygens (including phenoxy) is 1. The predicted octanol–water partition coefficient (Wildman–Crippen LogP) is 3.85. The van der Waals surface area contributed by atoms with E-state index in [4.69, 9.17) is 9.26 Å². The Labute approximate surface area is 186 Å². The van der Waals surface area contributed by atoms with Gasteiger partial charge in [-0.2, -0.15) is 10.1 Å². The van der Waals surface area contributed by atoms with Crippen molar-refractivity contribution in [1.29, 1.82) is 0 Å². The highest BCUT2D eigenvalue weighted by Gasteiger charge is 2.16. The number of H-pyrrole nitrogens is 1. The first-order chi connectivity index (χ1) is 15.7. The maximum atomic E-state index is 13.1. The maximum Gasteiger partial charge on any atom is 0.269 e. The zero-order valence-corrected chi connectivity index (χ0v) is 17.9. The molecule has 0 bridgehead atoms. The second-order valence-electron chi connectivity index (χ2n) is 6.76. The number of aromatic amines is 1. The van der Waals surface area contributed by atoms with Crippen molar-refractivity contribution >= 4 is 22.8 Å². The molecule has 32 heavy (non-hydrogen) atoms. The maximum absolute atomic E-state index is 13.1. The lowest BCUT2D eigenvalue weighted by atomic mass is 10.2. The summed E-state index contributed by atoms with van der Waals surface area (Å²) in [5.41, 5.74) is 1.75. The minimum absolute atomic E-state index is 0.198. The van der Waals surface area contributed by atoms with Crippen molar-refractivity contribution in [2.75, 3.05) is 6.61 Å². The van der Waals surface area contributed by atoms with Crippen LogP contribution in [0.1, 0.15) is 12.8 Å². The molecule has 2 aromatic carbocycles. The first-order valence-corrected chi connectivity index (χ1v) is 10.9. The fourth-order valence-electron chi connectivity index (χ4n) is 3.22. The van der Waals surface area contributed by atoms with Crippen molar-refractivity contribution in [2.24, 2.45) is 0 Å². The molecule has 0 radical (unpaired) electrons. The monoisotopic (exact) mass is 446 g/mol. The van der Waals surface area contributed by atoms with Gasteiger partial charge in [0, 0.05) is 5.56 Å². The van der Waals surface area contributed by atoms with Crippen molar-refractivity contribution in [3.8, 4) is 22.8 Å². The second kappa shape index (κ2) is 8.67. The molecule has 0 atom stereocenters. The van der Waals surface area contributed by atoms with Crippen LogP contribution in [-0.4, -0.2) is 36.5 Å². The number of nitrogens with zero attached hydrogens (tertiary/aromatic N) is 5. The molecule has 3 heterocycles. The summed E-state index contributed by atoms with van der Waals surface area (Å²) in [5, 5.41) is 11.7. The molecule has 0 aliphatic heterocycles. The molecule has 5 rings (SSSR count). The van der Waals surface area contributed by atoms with Crippen LogP contribution in [0.15, 0.2) is 75.3 Å². The fraction of sp³-hybridized carbons (Fsp3) is 0.136. The Kier molecular flexibility index (Phi) is 5.42. The van der Waals surface area contributed by atoms with Gasteiger partial charge in [-0.05, 0) is 31.2 Å². The smallest absolute Gasteiger partial charge is 0.269 e. The quantitative estimate of drug-likeness (QED) is 0.296. The zero-order valence-electron chi connectivity index (χ0n) is 17.1. The number of rotatable bonds is 7. The number of aromatic nitrogens is 6. The summed E-state index contributed by atoms with van der Waals surface area (Å²) < 4.78 is 12.5.